The standard InChI is InChI=1S/C47H76NO8P/c1-3-5-7-9-11-13-15-17-19-21-22-24-25-27-29-31-33-35-37-39-46(49)53-43-45(44-55-57(51,52)54-42-41-48)56-47(50)40-38-36-34-32-30-28-26-23-20-18-16-14-12-10-8-6-4-2/h11-14,17-20,22,24,26-29,32-35,45H,3-10,15-16,21,23,25,30-31,36-44,48H2,1-2H3,(H,51,52)/b13-11-,14-12-,19-17-,20-18-,24-22-,28-26-,29-27-,34-32-,35-33-/t45-/m1/s1. The van der Waals surface area contributed by atoms with Crippen molar-refractivity contribution in [2.75, 3.05) is 26.4 Å². The number of unbranched alkanes of at least 4 members (excludes halogenated alkanes) is 7. The van der Waals surface area contributed by atoms with E-state index in [1.165, 1.54) is 44.9 Å². The molecule has 0 aromatic rings. The first-order valence-corrected chi connectivity index (χ1v) is 22.9. The molecule has 0 aromatic carbocycles. The summed E-state index contributed by atoms with van der Waals surface area (Å²) in [4.78, 5) is 34.8. The molecule has 0 aliphatic rings. The van der Waals surface area contributed by atoms with Crippen LogP contribution in [0.3, 0.4) is 0 Å². The molecule has 0 aromatic heterocycles. The molecule has 322 valence electrons. The summed E-state index contributed by atoms with van der Waals surface area (Å²) < 4.78 is 32.6. The predicted octanol–water partition coefficient (Wildman–Crippen LogP) is 12.4. The lowest BCUT2D eigenvalue weighted by molar-refractivity contribution is -0.161. The largest absolute Gasteiger partial charge is 0.472 e. The molecule has 0 saturated carbocycles. The van der Waals surface area contributed by atoms with Gasteiger partial charge >= 0.3 is 19.8 Å². The topological polar surface area (TPSA) is 134 Å². The molecule has 0 rings (SSSR count). The van der Waals surface area contributed by atoms with E-state index in [9.17, 15) is 19.0 Å². The Morgan fingerprint density at radius 3 is 1.35 bits per heavy atom. The number of phosphoric ester groups is 1. The van der Waals surface area contributed by atoms with Crippen molar-refractivity contribution >= 4 is 19.8 Å². The van der Waals surface area contributed by atoms with E-state index in [0.717, 1.165) is 51.4 Å². The average Bonchev–Trinajstić information content (AvgIpc) is 3.20. The van der Waals surface area contributed by atoms with Crippen LogP contribution in [0.25, 0.3) is 0 Å². The van der Waals surface area contributed by atoms with Gasteiger partial charge in [0.15, 0.2) is 6.10 Å². The van der Waals surface area contributed by atoms with E-state index in [0.29, 0.717) is 19.3 Å². The Labute approximate surface area is 346 Å². The highest BCUT2D eigenvalue weighted by molar-refractivity contribution is 7.47. The van der Waals surface area contributed by atoms with Gasteiger partial charge in [0.05, 0.1) is 13.2 Å². The maximum Gasteiger partial charge on any atom is 0.472 e. The van der Waals surface area contributed by atoms with Gasteiger partial charge in [-0.25, -0.2) is 4.57 Å². The molecule has 0 radical (unpaired) electrons. The van der Waals surface area contributed by atoms with E-state index in [2.05, 4.69) is 105 Å². The quantitative estimate of drug-likeness (QED) is 0.0270. The first kappa shape index (κ1) is 53.7. The number of hydrogen-bond acceptors (Lipinski definition) is 8. The third-order valence-corrected chi connectivity index (χ3v) is 9.13. The lowest BCUT2D eigenvalue weighted by Gasteiger charge is -2.19. The highest BCUT2D eigenvalue weighted by Gasteiger charge is 2.25. The Hall–Kier alpha value is -3.33. The van der Waals surface area contributed by atoms with Crippen molar-refractivity contribution in [3.05, 3.63) is 109 Å². The van der Waals surface area contributed by atoms with Gasteiger partial charge < -0.3 is 20.1 Å². The van der Waals surface area contributed by atoms with Crippen LogP contribution in [0.4, 0.5) is 0 Å². The minimum Gasteiger partial charge on any atom is -0.462 e. The Kier molecular flexibility index (Phi) is 39.8. The lowest BCUT2D eigenvalue weighted by atomic mass is 10.2. The molecule has 0 heterocycles. The molecular formula is C47H76NO8P. The summed E-state index contributed by atoms with van der Waals surface area (Å²) in [5.41, 5.74) is 5.34. The van der Waals surface area contributed by atoms with Gasteiger partial charge in [0.1, 0.15) is 6.61 Å². The van der Waals surface area contributed by atoms with Crippen LogP contribution < -0.4 is 5.73 Å². The van der Waals surface area contributed by atoms with Crippen molar-refractivity contribution in [2.45, 2.75) is 148 Å². The van der Waals surface area contributed by atoms with Crippen molar-refractivity contribution in [1.82, 2.24) is 0 Å². The first-order valence-electron chi connectivity index (χ1n) is 21.4. The summed E-state index contributed by atoms with van der Waals surface area (Å²) in [6.45, 7) is 3.49. The van der Waals surface area contributed by atoms with Crippen molar-refractivity contribution in [3.63, 3.8) is 0 Å². The van der Waals surface area contributed by atoms with Crippen molar-refractivity contribution in [2.24, 2.45) is 5.73 Å². The van der Waals surface area contributed by atoms with Gasteiger partial charge in [-0.1, -0.05) is 149 Å². The van der Waals surface area contributed by atoms with Gasteiger partial charge in [0.25, 0.3) is 0 Å². The van der Waals surface area contributed by atoms with Crippen LogP contribution in [-0.2, 0) is 32.7 Å². The number of hydrogen-bond donors (Lipinski definition) is 2. The maximum absolute atomic E-state index is 12.5. The zero-order chi connectivity index (χ0) is 41.8. The fraction of sp³-hybridized carbons (Fsp3) is 0.574. The number of rotatable bonds is 38. The minimum absolute atomic E-state index is 0.0292. The Bertz CT molecular complexity index is 1290. The molecule has 0 spiro atoms. The highest BCUT2D eigenvalue weighted by Crippen LogP contribution is 2.43. The second-order valence-corrected chi connectivity index (χ2v) is 14.9. The number of phosphoric acid groups is 1. The highest BCUT2D eigenvalue weighted by atomic mass is 31.2. The van der Waals surface area contributed by atoms with Crippen LogP contribution >= 0.6 is 7.82 Å². The van der Waals surface area contributed by atoms with Crippen LogP contribution in [0.5, 0.6) is 0 Å². The van der Waals surface area contributed by atoms with Gasteiger partial charge in [-0.15, -0.1) is 0 Å². The molecule has 0 aliphatic heterocycles. The van der Waals surface area contributed by atoms with E-state index in [1.54, 1.807) is 0 Å². The summed E-state index contributed by atoms with van der Waals surface area (Å²) in [5.74, 6) is -1.00. The van der Waals surface area contributed by atoms with Gasteiger partial charge in [-0.05, 0) is 89.9 Å². The van der Waals surface area contributed by atoms with E-state index in [1.807, 2.05) is 18.2 Å². The fourth-order valence-electron chi connectivity index (χ4n) is 4.96. The zero-order valence-corrected chi connectivity index (χ0v) is 36.2. The number of carbonyl (C=O) groups excluding carboxylic acids is 2. The van der Waals surface area contributed by atoms with Crippen LogP contribution in [0.2, 0.25) is 0 Å². The van der Waals surface area contributed by atoms with E-state index in [4.69, 9.17) is 24.3 Å². The Morgan fingerprint density at radius 2 is 0.930 bits per heavy atom. The van der Waals surface area contributed by atoms with Crippen molar-refractivity contribution in [1.29, 1.82) is 0 Å². The first-order chi connectivity index (χ1) is 27.8. The molecule has 2 atom stereocenters. The third-order valence-electron chi connectivity index (χ3n) is 8.14. The van der Waals surface area contributed by atoms with Crippen molar-refractivity contribution < 1.29 is 37.6 Å². The molecular weight excluding hydrogens is 737 g/mol. The molecule has 57 heavy (non-hydrogen) atoms. The summed E-state index contributed by atoms with van der Waals surface area (Å²) in [5, 5.41) is 0. The fourth-order valence-corrected chi connectivity index (χ4v) is 5.73. The molecule has 0 fully saturated rings. The predicted molar refractivity (Wildman–Crippen MR) is 238 cm³/mol. The second kappa shape index (κ2) is 42.3. The van der Waals surface area contributed by atoms with Gasteiger partial charge in [0.2, 0.25) is 0 Å². The lowest BCUT2D eigenvalue weighted by Crippen LogP contribution is -2.29. The molecule has 0 aliphatic carbocycles. The van der Waals surface area contributed by atoms with Gasteiger partial charge in [0, 0.05) is 19.4 Å². The van der Waals surface area contributed by atoms with Crippen LogP contribution in [0.1, 0.15) is 142 Å². The van der Waals surface area contributed by atoms with Gasteiger partial charge in [-0.3, -0.25) is 18.6 Å². The number of nitrogens with two attached hydrogens (primary N) is 1. The molecule has 1 unspecified atom stereocenters. The molecule has 0 amide bonds. The summed E-state index contributed by atoms with van der Waals surface area (Å²) in [6.07, 6.45) is 55.7. The van der Waals surface area contributed by atoms with E-state index >= 15 is 0 Å². The number of allylic oxidation sites excluding steroid dienone is 18. The van der Waals surface area contributed by atoms with Crippen LogP contribution in [0, 0.1) is 0 Å². The Morgan fingerprint density at radius 1 is 0.526 bits per heavy atom. The SMILES string of the molecule is CCCCC/C=C\C/C=C\C/C=C\C/C=C\C/C=C\CCC(=O)OC[C@H](COP(=O)(O)OCCN)OC(=O)CCC/C=C\C/C=C\C/C=C\C/C=C\CCCCC. The van der Waals surface area contributed by atoms with Crippen molar-refractivity contribution in [3.8, 4) is 0 Å². The molecule has 9 nitrogen and oxygen atoms in total. The van der Waals surface area contributed by atoms with Gasteiger partial charge in [-0.2, -0.15) is 0 Å². The number of ether oxygens (including phenoxy) is 2. The average molecular weight is 814 g/mol. The molecule has 0 saturated heterocycles. The normalized spacial score (nSPS) is 14.4. The summed E-state index contributed by atoms with van der Waals surface area (Å²) in [6, 6.07) is 0. The number of esters is 2. The minimum atomic E-state index is -4.42. The molecule has 10 heteroatoms. The third kappa shape index (κ3) is 42.1. The monoisotopic (exact) mass is 814 g/mol. The zero-order valence-electron chi connectivity index (χ0n) is 35.3. The summed E-state index contributed by atoms with van der Waals surface area (Å²) >= 11 is 0. The molecule has 0 bridgehead atoms. The number of carbonyl (C=O) groups is 2. The van der Waals surface area contributed by atoms with Crippen LogP contribution in [0.15, 0.2) is 109 Å². The second-order valence-electron chi connectivity index (χ2n) is 13.5. The van der Waals surface area contributed by atoms with E-state index in [-0.39, 0.29) is 32.6 Å². The maximum atomic E-state index is 12.5. The smallest absolute Gasteiger partial charge is 0.462 e. The summed E-state index contributed by atoms with van der Waals surface area (Å²) in [7, 11) is -4.42. The molecule has 3 N–H and O–H groups in total. The Balaban J connectivity index is 4.41. The van der Waals surface area contributed by atoms with Crippen LogP contribution in [-0.4, -0.2) is 49.3 Å². The van der Waals surface area contributed by atoms with E-state index < -0.39 is 32.5 Å².